The number of methoxy groups -OCH3 is 1. The summed E-state index contributed by atoms with van der Waals surface area (Å²) in [5.41, 5.74) is 1.84. The van der Waals surface area contributed by atoms with E-state index in [-0.39, 0.29) is 18.0 Å². The molecule has 1 aromatic carbocycles. The van der Waals surface area contributed by atoms with E-state index in [0.717, 1.165) is 16.5 Å². The first-order valence-electron chi connectivity index (χ1n) is 8.80. The predicted octanol–water partition coefficient (Wildman–Crippen LogP) is 1.68. The van der Waals surface area contributed by atoms with Crippen LogP contribution < -0.4 is 15.6 Å². The fraction of sp³-hybridized carbons (Fsp3) is 0.200. The Hall–Kier alpha value is -3.68. The third-order valence-electron chi connectivity index (χ3n) is 4.57. The van der Waals surface area contributed by atoms with Crippen LogP contribution in [0.5, 0.6) is 5.75 Å². The number of hydrogen-bond acceptors (Lipinski definition) is 5. The molecule has 0 aliphatic rings. The maximum atomic E-state index is 12.9. The first-order chi connectivity index (χ1) is 13.6. The molecule has 4 rings (SSSR count). The third kappa shape index (κ3) is 3.09. The molecule has 1 N–H and O–H groups in total. The second-order valence-electron chi connectivity index (χ2n) is 6.41. The first kappa shape index (κ1) is 17.7. The smallest absolute Gasteiger partial charge is 0.291 e. The summed E-state index contributed by atoms with van der Waals surface area (Å²) in [7, 11) is 1.59. The van der Waals surface area contributed by atoms with Gasteiger partial charge in [-0.05, 0) is 36.8 Å². The van der Waals surface area contributed by atoms with E-state index in [1.54, 1.807) is 43.0 Å². The van der Waals surface area contributed by atoms with Crippen LogP contribution in [0, 0.1) is 6.92 Å². The minimum Gasteiger partial charge on any atom is -0.496 e. The Morgan fingerprint density at radius 3 is 2.82 bits per heavy atom. The van der Waals surface area contributed by atoms with Crippen molar-refractivity contribution in [1.82, 2.24) is 24.5 Å². The zero-order valence-corrected chi connectivity index (χ0v) is 15.5. The molecule has 0 spiro atoms. The number of benzene rings is 1. The average molecular weight is 377 g/mol. The Balaban J connectivity index is 1.66. The van der Waals surface area contributed by atoms with E-state index in [0.29, 0.717) is 23.6 Å². The van der Waals surface area contributed by atoms with Gasteiger partial charge in [-0.3, -0.25) is 19.0 Å². The molecule has 142 valence electrons. The van der Waals surface area contributed by atoms with E-state index in [1.165, 1.54) is 4.68 Å². The Morgan fingerprint density at radius 1 is 1.21 bits per heavy atom. The minimum absolute atomic E-state index is 0.158. The molecule has 1 amide bonds. The molecule has 0 unspecified atom stereocenters. The van der Waals surface area contributed by atoms with Gasteiger partial charge in [0, 0.05) is 24.3 Å². The van der Waals surface area contributed by atoms with E-state index < -0.39 is 0 Å². The van der Waals surface area contributed by atoms with E-state index in [4.69, 9.17) is 4.74 Å². The second kappa shape index (κ2) is 7.15. The average Bonchev–Trinajstić information content (AvgIpc) is 3.11. The van der Waals surface area contributed by atoms with E-state index in [9.17, 15) is 9.59 Å². The minimum atomic E-state index is -0.333. The number of carbonyl (C=O) groups excluding carboxylic acids is 1. The second-order valence-corrected chi connectivity index (χ2v) is 6.41. The van der Waals surface area contributed by atoms with Crippen LogP contribution in [0.3, 0.4) is 0 Å². The summed E-state index contributed by atoms with van der Waals surface area (Å²) in [6.07, 6.45) is 3.35. The highest BCUT2D eigenvalue weighted by molar-refractivity contribution is 5.92. The number of nitrogens with one attached hydrogen (secondary N) is 1. The van der Waals surface area contributed by atoms with Crippen molar-refractivity contribution in [3.05, 3.63) is 70.5 Å². The lowest BCUT2D eigenvalue weighted by Gasteiger charge is -2.09. The van der Waals surface area contributed by atoms with E-state index in [1.807, 2.05) is 24.3 Å². The number of fused-ring (bicyclic) bond motifs is 3. The summed E-state index contributed by atoms with van der Waals surface area (Å²) in [5, 5.41) is 7.93. The van der Waals surface area contributed by atoms with Crippen molar-refractivity contribution in [2.45, 2.75) is 20.0 Å². The van der Waals surface area contributed by atoms with Crippen LogP contribution in [-0.4, -0.2) is 32.2 Å². The van der Waals surface area contributed by atoms with Crippen molar-refractivity contribution >= 4 is 22.3 Å². The van der Waals surface area contributed by atoms with Gasteiger partial charge in [-0.2, -0.15) is 5.10 Å². The highest BCUT2D eigenvalue weighted by Gasteiger charge is 2.15. The summed E-state index contributed by atoms with van der Waals surface area (Å²) in [6, 6.07) is 11.1. The van der Waals surface area contributed by atoms with Crippen LogP contribution in [0.4, 0.5) is 0 Å². The molecule has 0 fully saturated rings. The van der Waals surface area contributed by atoms with Gasteiger partial charge in [0.25, 0.3) is 5.56 Å². The molecular weight excluding hydrogens is 358 g/mol. The molecule has 0 saturated heterocycles. The quantitative estimate of drug-likeness (QED) is 0.571. The van der Waals surface area contributed by atoms with Crippen LogP contribution in [0.15, 0.2) is 53.6 Å². The Labute approximate surface area is 160 Å². The van der Waals surface area contributed by atoms with Gasteiger partial charge in [0.1, 0.15) is 23.6 Å². The predicted molar refractivity (Wildman–Crippen MR) is 104 cm³/mol. The van der Waals surface area contributed by atoms with Crippen molar-refractivity contribution in [3.8, 4) is 5.75 Å². The van der Waals surface area contributed by atoms with Gasteiger partial charge in [-0.1, -0.05) is 12.1 Å². The summed E-state index contributed by atoms with van der Waals surface area (Å²) in [4.78, 5) is 29.2. The first-order valence-corrected chi connectivity index (χ1v) is 8.80. The largest absolute Gasteiger partial charge is 0.496 e. The molecule has 0 aliphatic carbocycles. The standard InChI is InChI=1S/C20H19N5O3/c1-13-23-24(12-19(26)22-11-14-5-4-8-21-10-14)20(27)17-9-15-16(25(13)17)6-3-7-18(15)28-2/h3-10H,11-12H2,1-2H3,(H,22,26). The van der Waals surface area contributed by atoms with Crippen LogP contribution in [-0.2, 0) is 17.9 Å². The summed E-state index contributed by atoms with van der Waals surface area (Å²) < 4.78 is 8.36. The van der Waals surface area contributed by atoms with Gasteiger partial charge in [-0.25, -0.2) is 4.68 Å². The van der Waals surface area contributed by atoms with E-state index >= 15 is 0 Å². The molecule has 0 atom stereocenters. The number of amides is 1. The summed E-state index contributed by atoms with van der Waals surface area (Å²) in [5.74, 6) is 0.995. The van der Waals surface area contributed by atoms with Gasteiger partial charge in [0.05, 0.1) is 12.6 Å². The zero-order chi connectivity index (χ0) is 19.7. The molecule has 8 nitrogen and oxygen atoms in total. The number of pyridine rings is 1. The van der Waals surface area contributed by atoms with Crippen LogP contribution in [0.25, 0.3) is 16.4 Å². The fourth-order valence-electron chi connectivity index (χ4n) is 3.29. The van der Waals surface area contributed by atoms with Crippen LogP contribution >= 0.6 is 0 Å². The van der Waals surface area contributed by atoms with Gasteiger partial charge in [0.15, 0.2) is 0 Å². The lowest BCUT2D eigenvalue weighted by atomic mass is 10.2. The molecule has 0 radical (unpaired) electrons. The van der Waals surface area contributed by atoms with Gasteiger partial charge < -0.3 is 10.1 Å². The molecule has 3 aromatic heterocycles. The third-order valence-corrected chi connectivity index (χ3v) is 4.57. The van der Waals surface area contributed by atoms with Gasteiger partial charge in [0.2, 0.25) is 5.91 Å². The Bertz CT molecular complexity index is 1230. The number of nitrogens with zero attached hydrogens (tertiary/aromatic N) is 4. The highest BCUT2D eigenvalue weighted by Crippen LogP contribution is 2.28. The monoisotopic (exact) mass is 377 g/mol. The Kier molecular flexibility index (Phi) is 4.52. The maximum Gasteiger partial charge on any atom is 0.291 e. The highest BCUT2D eigenvalue weighted by atomic mass is 16.5. The number of ether oxygens (including phenoxy) is 1. The number of hydrogen-bond donors (Lipinski definition) is 1. The lowest BCUT2D eigenvalue weighted by Crippen LogP contribution is -2.34. The lowest BCUT2D eigenvalue weighted by molar-refractivity contribution is -0.122. The Morgan fingerprint density at radius 2 is 2.07 bits per heavy atom. The molecule has 0 aliphatic heterocycles. The molecule has 0 saturated carbocycles. The molecule has 0 bridgehead atoms. The molecular formula is C20H19N5O3. The van der Waals surface area contributed by atoms with Crippen LogP contribution in [0.2, 0.25) is 0 Å². The number of rotatable bonds is 5. The van der Waals surface area contributed by atoms with Crippen molar-refractivity contribution < 1.29 is 9.53 Å². The molecule has 3 heterocycles. The summed E-state index contributed by atoms with van der Waals surface area (Å²) >= 11 is 0. The molecule has 8 heteroatoms. The van der Waals surface area contributed by atoms with Crippen molar-refractivity contribution in [3.63, 3.8) is 0 Å². The number of aromatic nitrogens is 4. The van der Waals surface area contributed by atoms with Crippen LogP contribution in [0.1, 0.15) is 11.4 Å². The fourth-order valence-corrected chi connectivity index (χ4v) is 3.29. The van der Waals surface area contributed by atoms with Crippen molar-refractivity contribution in [1.29, 1.82) is 0 Å². The van der Waals surface area contributed by atoms with Crippen molar-refractivity contribution in [2.24, 2.45) is 0 Å². The SMILES string of the molecule is COc1cccc2c1cc1c(=O)n(CC(=O)NCc3cccnc3)nc(C)n12. The van der Waals surface area contributed by atoms with E-state index in [2.05, 4.69) is 15.4 Å². The van der Waals surface area contributed by atoms with Crippen molar-refractivity contribution in [2.75, 3.05) is 7.11 Å². The topological polar surface area (TPSA) is 90.5 Å². The molecule has 4 aromatic rings. The molecule has 28 heavy (non-hydrogen) atoms. The normalized spacial score (nSPS) is 11.1. The number of carbonyl (C=O) groups is 1. The maximum absolute atomic E-state index is 12.9. The van der Waals surface area contributed by atoms with Gasteiger partial charge >= 0.3 is 0 Å². The summed E-state index contributed by atoms with van der Waals surface area (Å²) in [6.45, 7) is 1.99. The van der Waals surface area contributed by atoms with Gasteiger partial charge in [-0.15, -0.1) is 0 Å². The number of aryl methyl sites for hydroxylation is 1. The zero-order valence-electron chi connectivity index (χ0n) is 15.5.